The molecule has 164 valence electrons. The summed E-state index contributed by atoms with van der Waals surface area (Å²) < 4.78 is 5.99. The highest BCUT2D eigenvalue weighted by Gasteiger charge is 2.25. The smallest absolute Gasteiger partial charge is 0.323 e. The predicted molar refractivity (Wildman–Crippen MR) is 128 cm³/mol. The zero-order valence-corrected chi connectivity index (χ0v) is 18.0. The molecule has 0 aliphatic carbocycles. The lowest BCUT2D eigenvalue weighted by Crippen LogP contribution is -2.23. The first-order chi connectivity index (χ1) is 15.4. The number of rotatable bonds is 5. The average Bonchev–Trinajstić information content (AvgIpc) is 3.16. The van der Waals surface area contributed by atoms with Gasteiger partial charge in [0.15, 0.2) is 5.84 Å². The van der Waals surface area contributed by atoms with Gasteiger partial charge < -0.3 is 21.1 Å². The summed E-state index contributed by atoms with van der Waals surface area (Å²) in [5.41, 5.74) is 14.3. The predicted octanol–water partition coefficient (Wildman–Crippen LogP) is 3.71. The number of hydrogen-bond donors (Lipinski definition) is 5. The first-order valence-electron chi connectivity index (χ1n) is 10.3. The van der Waals surface area contributed by atoms with Gasteiger partial charge in [-0.25, -0.2) is 16.2 Å². The van der Waals surface area contributed by atoms with E-state index in [1.54, 1.807) is 0 Å². The lowest BCUT2D eigenvalue weighted by atomic mass is 9.95. The Morgan fingerprint density at radius 2 is 1.84 bits per heavy atom. The number of aryl methyl sites for hydroxylation is 1. The summed E-state index contributed by atoms with van der Waals surface area (Å²) in [5, 5.41) is 9.71. The van der Waals surface area contributed by atoms with Crippen LogP contribution in [0.25, 0.3) is 11.1 Å². The first-order valence-corrected chi connectivity index (χ1v) is 10.3. The van der Waals surface area contributed by atoms with E-state index in [0.29, 0.717) is 17.1 Å². The number of benzene rings is 3. The number of hydrazone groups is 1. The minimum absolute atomic E-state index is 0.0178. The molecule has 1 aliphatic rings. The van der Waals surface area contributed by atoms with Crippen LogP contribution in [0.4, 0.5) is 16.2 Å². The molecule has 0 fully saturated rings. The van der Waals surface area contributed by atoms with Gasteiger partial charge in [-0.15, -0.1) is 5.10 Å². The lowest BCUT2D eigenvalue weighted by Gasteiger charge is -2.15. The Kier molecular flexibility index (Phi) is 5.96. The molecule has 0 saturated carbocycles. The molecule has 8 nitrogen and oxygen atoms in total. The topological polar surface area (TPSA) is 127 Å². The second-order valence-corrected chi connectivity index (χ2v) is 7.76. The van der Waals surface area contributed by atoms with Crippen LogP contribution < -0.4 is 32.5 Å². The van der Waals surface area contributed by atoms with E-state index in [1.807, 2.05) is 68.4 Å². The highest BCUT2D eigenvalue weighted by molar-refractivity contribution is 6.05. The Balaban J connectivity index is 1.69. The van der Waals surface area contributed by atoms with Crippen molar-refractivity contribution in [3.05, 3.63) is 77.4 Å². The van der Waals surface area contributed by atoms with Crippen molar-refractivity contribution in [2.75, 3.05) is 10.6 Å². The fourth-order valence-electron chi connectivity index (χ4n) is 3.79. The Labute approximate surface area is 186 Å². The van der Waals surface area contributed by atoms with Gasteiger partial charge in [0, 0.05) is 23.2 Å². The van der Waals surface area contributed by atoms with E-state index in [1.165, 1.54) is 0 Å². The monoisotopic (exact) mass is 430 g/mol. The number of fused-ring (bicyclic) bond motifs is 1. The summed E-state index contributed by atoms with van der Waals surface area (Å²) in [7, 11) is 0. The fourth-order valence-corrected chi connectivity index (χ4v) is 3.79. The maximum Gasteiger partial charge on any atom is 0.323 e. The highest BCUT2D eigenvalue weighted by atomic mass is 16.5. The van der Waals surface area contributed by atoms with E-state index in [0.717, 1.165) is 34.2 Å². The van der Waals surface area contributed by atoms with E-state index < -0.39 is 0 Å². The summed E-state index contributed by atoms with van der Waals surface area (Å²) in [6, 6.07) is 18.8. The van der Waals surface area contributed by atoms with Gasteiger partial charge in [-0.3, -0.25) is 0 Å². The molecular formula is C24H26N6O2. The van der Waals surface area contributed by atoms with E-state index in [4.69, 9.17) is 16.3 Å². The second-order valence-electron chi connectivity index (χ2n) is 7.76. The van der Waals surface area contributed by atoms with Crippen molar-refractivity contribution in [3.63, 3.8) is 0 Å². The molecule has 0 bridgehead atoms. The Morgan fingerprint density at radius 3 is 2.59 bits per heavy atom. The van der Waals surface area contributed by atoms with Crippen LogP contribution in [-0.2, 0) is 6.42 Å². The van der Waals surface area contributed by atoms with Crippen molar-refractivity contribution in [2.45, 2.75) is 26.4 Å². The molecule has 1 unspecified atom stereocenters. The normalized spacial score (nSPS) is 15.0. The van der Waals surface area contributed by atoms with Crippen molar-refractivity contribution in [3.8, 4) is 16.9 Å². The number of nitrogens with one attached hydrogen (secondary N) is 3. The van der Waals surface area contributed by atoms with Crippen LogP contribution >= 0.6 is 0 Å². The summed E-state index contributed by atoms with van der Waals surface area (Å²) in [6.45, 7) is 4.00. The molecule has 0 saturated heterocycles. The third kappa shape index (κ3) is 4.50. The summed E-state index contributed by atoms with van der Waals surface area (Å²) in [5.74, 6) is 6.25. The zero-order chi connectivity index (χ0) is 22.7. The van der Waals surface area contributed by atoms with Crippen LogP contribution in [0.5, 0.6) is 5.75 Å². The molecule has 2 amide bonds. The molecule has 7 N–H and O–H groups in total. The number of nitrogens with zero attached hydrogens (tertiary/aromatic N) is 1. The van der Waals surface area contributed by atoms with Crippen molar-refractivity contribution >= 4 is 23.2 Å². The van der Waals surface area contributed by atoms with E-state index >= 15 is 0 Å². The van der Waals surface area contributed by atoms with Gasteiger partial charge >= 0.3 is 6.03 Å². The van der Waals surface area contributed by atoms with Crippen molar-refractivity contribution < 1.29 is 9.53 Å². The average molecular weight is 431 g/mol. The van der Waals surface area contributed by atoms with Gasteiger partial charge in [-0.05, 0) is 49.2 Å². The number of urea groups is 1. The summed E-state index contributed by atoms with van der Waals surface area (Å²) in [4.78, 5) is 12.7. The molecule has 1 atom stereocenters. The number of carbonyl (C=O) groups excluding carboxylic acids is 1. The molecular weight excluding hydrogens is 404 g/mol. The van der Waals surface area contributed by atoms with Gasteiger partial charge in [0.05, 0.1) is 5.69 Å². The summed E-state index contributed by atoms with van der Waals surface area (Å²) in [6.07, 6.45) is 0.761. The van der Waals surface area contributed by atoms with Crippen molar-refractivity contribution in [1.29, 1.82) is 0 Å². The molecule has 32 heavy (non-hydrogen) atoms. The number of carbonyl (C=O) groups is 1. The number of anilines is 2. The number of hydrogen-bond acceptors (Lipinski definition) is 5. The molecule has 8 heteroatoms. The van der Waals surface area contributed by atoms with Crippen LogP contribution in [0.1, 0.15) is 23.6 Å². The van der Waals surface area contributed by atoms with Crippen molar-refractivity contribution in [2.24, 2.45) is 16.7 Å². The number of hydrazine groups is 1. The first kappa shape index (κ1) is 21.2. The van der Waals surface area contributed by atoms with Gasteiger partial charge in [-0.1, -0.05) is 42.0 Å². The SMILES string of the molecule is Cc1ccc(NC(=O)Nc2cc(-c3ccccc3/C(N)=N/NN)cc3c2OC(C)C3)cc1. The van der Waals surface area contributed by atoms with Crippen LogP contribution in [0.15, 0.2) is 65.8 Å². The molecule has 0 spiro atoms. The van der Waals surface area contributed by atoms with E-state index in [-0.39, 0.29) is 18.0 Å². The Morgan fingerprint density at radius 1 is 1.09 bits per heavy atom. The van der Waals surface area contributed by atoms with Crippen LogP contribution in [0.2, 0.25) is 0 Å². The molecule has 0 aromatic heterocycles. The molecule has 1 aliphatic heterocycles. The third-order valence-electron chi connectivity index (χ3n) is 5.25. The number of nitrogens with two attached hydrogens (primary N) is 2. The molecule has 4 rings (SSSR count). The number of amides is 2. The van der Waals surface area contributed by atoms with Gasteiger partial charge in [-0.2, -0.15) is 0 Å². The van der Waals surface area contributed by atoms with Crippen LogP contribution in [0, 0.1) is 6.92 Å². The molecule has 0 radical (unpaired) electrons. The quantitative estimate of drug-likeness (QED) is 0.182. The zero-order valence-electron chi connectivity index (χ0n) is 18.0. The molecule has 1 heterocycles. The Hall–Kier alpha value is -4.04. The van der Waals surface area contributed by atoms with Crippen molar-refractivity contribution in [1.82, 2.24) is 5.53 Å². The third-order valence-corrected chi connectivity index (χ3v) is 5.25. The maximum atomic E-state index is 12.7. The minimum Gasteiger partial charge on any atom is -0.488 e. The standard InChI is InChI=1S/C24H26N6O2/c1-14-7-9-18(10-8-14)27-24(31)28-21-13-16(12-17-11-15(2)32-22(17)21)19-5-3-4-6-20(19)23(25)29-30-26/h3-10,12-13,15,30H,11,26H2,1-2H3,(H2,25,29)(H2,27,28,31). The number of ether oxygens (including phenoxy) is 1. The minimum atomic E-state index is -0.349. The van der Waals surface area contributed by atoms with Crippen LogP contribution in [-0.4, -0.2) is 18.0 Å². The highest BCUT2D eigenvalue weighted by Crippen LogP contribution is 2.40. The van der Waals surface area contributed by atoms with Gasteiger partial charge in [0.1, 0.15) is 11.9 Å². The largest absolute Gasteiger partial charge is 0.488 e. The Bertz CT molecular complexity index is 1170. The fraction of sp³-hybridized carbons (Fsp3) is 0.167. The van der Waals surface area contributed by atoms with E-state index in [9.17, 15) is 4.79 Å². The molecule has 3 aromatic rings. The lowest BCUT2D eigenvalue weighted by molar-refractivity contribution is 0.254. The van der Waals surface area contributed by atoms with E-state index in [2.05, 4.69) is 27.3 Å². The summed E-state index contributed by atoms with van der Waals surface area (Å²) >= 11 is 0. The molecule has 3 aromatic carbocycles. The van der Waals surface area contributed by atoms with Gasteiger partial charge in [0.2, 0.25) is 0 Å². The maximum absolute atomic E-state index is 12.7. The van der Waals surface area contributed by atoms with Crippen LogP contribution in [0.3, 0.4) is 0 Å². The number of amidine groups is 1. The van der Waals surface area contributed by atoms with Gasteiger partial charge in [0.25, 0.3) is 0 Å². The second kappa shape index (κ2) is 8.99.